The van der Waals surface area contributed by atoms with E-state index < -0.39 is 0 Å². The van der Waals surface area contributed by atoms with E-state index >= 15 is 0 Å². The van der Waals surface area contributed by atoms with Crippen molar-refractivity contribution in [3.8, 4) is 0 Å². The van der Waals surface area contributed by atoms with Crippen molar-refractivity contribution in [2.75, 3.05) is 24.3 Å². The Hall–Kier alpha value is -2.60. The molecular formula is C18H20N4O2. The number of aromatic nitrogens is 2. The number of hydrogen-bond acceptors (Lipinski definition) is 6. The van der Waals surface area contributed by atoms with Crippen molar-refractivity contribution < 1.29 is 9.15 Å². The lowest BCUT2D eigenvalue weighted by molar-refractivity contribution is 0.00841. The smallest absolute Gasteiger partial charge is 0.233 e. The van der Waals surface area contributed by atoms with Gasteiger partial charge in [-0.05, 0) is 31.0 Å². The third-order valence-corrected chi connectivity index (χ3v) is 4.43. The average Bonchev–Trinajstić information content (AvgIpc) is 2.86. The van der Waals surface area contributed by atoms with Crippen molar-refractivity contribution in [1.82, 2.24) is 9.97 Å². The standard InChI is InChI=1S/C18H20N4O2/c1-10-7-15-16(21-18(19)22-17(15)24-10)20-11(2)12-3-5-13(6-4-12)14-8-23-9-14/h3-7,11,14H,8-9H2,1-2H3,(H3,19,20,21,22)/t11-/m0/s1. The van der Waals surface area contributed by atoms with Crippen molar-refractivity contribution >= 4 is 22.9 Å². The van der Waals surface area contributed by atoms with Crippen molar-refractivity contribution in [3.05, 3.63) is 47.2 Å². The molecule has 1 fully saturated rings. The minimum atomic E-state index is 0.0874. The second-order valence-electron chi connectivity index (χ2n) is 6.27. The maximum atomic E-state index is 5.79. The molecule has 0 spiro atoms. The third-order valence-electron chi connectivity index (χ3n) is 4.43. The van der Waals surface area contributed by atoms with Gasteiger partial charge in [0, 0.05) is 12.0 Å². The summed E-state index contributed by atoms with van der Waals surface area (Å²) in [4.78, 5) is 8.46. The van der Waals surface area contributed by atoms with E-state index in [1.54, 1.807) is 0 Å². The number of ether oxygens (including phenoxy) is 1. The average molecular weight is 324 g/mol. The van der Waals surface area contributed by atoms with Crippen molar-refractivity contribution in [2.45, 2.75) is 25.8 Å². The minimum Gasteiger partial charge on any atom is -0.443 e. The number of rotatable bonds is 4. The molecule has 0 amide bonds. The lowest BCUT2D eigenvalue weighted by Crippen LogP contribution is -2.25. The first kappa shape index (κ1) is 15.0. The fraction of sp³-hybridized carbons (Fsp3) is 0.333. The first-order valence-electron chi connectivity index (χ1n) is 8.08. The van der Waals surface area contributed by atoms with E-state index in [9.17, 15) is 0 Å². The van der Waals surface area contributed by atoms with Crippen LogP contribution in [-0.2, 0) is 4.74 Å². The van der Waals surface area contributed by atoms with Crippen molar-refractivity contribution in [2.24, 2.45) is 0 Å². The number of fused-ring (bicyclic) bond motifs is 1. The number of nitrogens with two attached hydrogens (primary N) is 1. The number of anilines is 2. The number of nitrogens with one attached hydrogen (secondary N) is 1. The van der Waals surface area contributed by atoms with Crippen LogP contribution in [0.15, 0.2) is 34.7 Å². The Morgan fingerprint density at radius 3 is 2.62 bits per heavy atom. The molecule has 3 heterocycles. The molecule has 1 aliphatic rings. The van der Waals surface area contributed by atoms with Crippen LogP contribution in [0.3, 0.4) is 0 Å². The predicted octanol–water partition coefficient (Wildman–Crippen LogP) is 3.40. The number of nitrogens with zero attached hydrogens (tertiary/aromatic N) is 2. The maximum Gasteiger partial charge on any atom is 0.233 e. The molecule has 4 rings (SSSR count). The molecule has 0 unspecified atom stereocenters. The van der Waals surface area contributed by atoms with Gasteiger partial charge in [0.2, 0.25) is 11.7 Å². The van der Waals surface area contributed by atoms with Crippen LogP contribution < -0.4 is 11.1 Å². The van der Waals surface area contributed by atoms with Gasteiger partial charge >= 0.3 is 0 Å². The summed E-state index contributed by atoms with van der Waals surface area (Å²) in [5.74, 6) is 2.22. The molecule has 0 radical (unpaired) electrons. The van der Waals surface area contributed by atoms with E-state index in [1.165, 1.54) is 11.1 Å². The molecule has 1 aliphatic heterocycles. The highest BCUT2D eigenvalue weighted by Crippen LogP contribution is 2.29. The zero-order valence-corrected chi connectivity index (χ0v) is 13.7. The van der Waals surface area contributed by atoms with E-state index in [2.05, 4.69) is 46.5 Å². The molecule has 124 valence electrons. The highest BCUT2D eigenvalue weighted by molar-refractivity contribution is 5.87. The molecule has 24 heavy (non-hydrogen) atoms. The van der Waals surface area contributed by atoms with Gasteiger partial charge in [0.05, 0.1) is 18.6 Å². The van der Waals surface area contributed by atoms with Gasteiger partial charge < -0.3 is 20.2 Å². The van der Waals surface area contributed by atoms with Crippen LogP contribution in [0.25, 0.3) is 11.1 Å². The summed E-state index contributed by atoms with van der Waals surface area (Å²) >= 11 is 0. The number of benzene rings is 1. The van der Waals surface area contributed by atoms with Gasteiger partial charge in [0.25, 0.3) is 0 Å². The Kier molecular flexibility index (Phi) is 3.61. The summed E-state index contributed by atoms with van der Waals surface area (Å²) in [7, 11) is 0. The first-order valence-corrected chi connectivity index (χ1v) is 8.08. The van der Waals surface area contributed by atoms with E-state index in [0.717, 1.165) is 24.4 Å². The molecule has 1 saturated heterocycles. The highest BCUT2D eigenvalue weighted by atomic mass is 16.5. The molecule has 6 nitrogen and oxygen atoms in total. The van der Waals surface area contributed by atoms with E-state index in [4.69, 9.17) is 14.9 Å². The fourth-order valence-electron chi connectivity index (χ4n) is 2.94. The van der Waals surface area contributed by atoms with Crippen LogP contribution in [0.5, 0.6) is 0 Å². The number of nitrogen functional groups attached to an aromatic ring is 1. The van der Waals surface area contributed by atoms with Crippen LogP contribution in [0.4, 0.5) is 11.8 Å². The summed E-state index contributed by atoms with van der Waals surface area (Å²) in [5.41, 5.74) is 8.81. The molecule has 6 heteroatoms. The van der Waals surface area contributed by atoms with E-state index in [0.29, 0.717) is 17.4 Å². The van der Waals surface area contributed by atoms with Gasteiger partial charge in [-0.1, -0.05) is 24.3 Å². The predicted molar refractivity (Wildman–Crippen MR) is 93.0 cm³/mol. The van der Waals surface area contributed by atoms with Gasteiger partial charge in [-0.2, -0.15) is 9.97 Å². The highest BCUT2D eigenvalue weighted by Gasteiger charge is 2.20. The van der Waals surface area contributed by atoms with Crippen LogP contribution in [-0.4, -0.2) is 23.2 Å². The molecular weight excluding hydrogens is 304 g/mol. The Balaban J connectivity index is 1.58. The first-order chi connectivity index (χ1) is 11.6. The lowest BCUT2D eigenvalue weighted by atomic mass is 9.95. The molecule has 0 bridgehead atoms. The van der Waals surface area contributed by atoms with Crippen LogP contribution in [0, 0.1) is 6.92 Å². The Labute approximate surface area is 140 Å². The van der Waals surface area contributed by atoms with Gasteiger partial charge in [0.1, 0.15) is 11.6 Å². The Morgan fingerprint density at radius 1 is 1.21 bits per heavy atom. The van der Waals surface area contributed by atoms with Gasteiger partial charge in [-0.15, -0.1) is 0 Å². The summed E-state index contributed by atoms with van der Waals surface area (Å²) in [6.07, 6.45) is 0. The van der Waals surface area contributed by atoms with E-state index in [-0.39, 0.29) is 12.0 Å². The fourth-order valence-corrected chi connectivity index (χ4v) is 2.94. The summed E-state index contributed by atoms with van der Waals surface area (Å²) < 4.78 is 10.8. The Morgan fingerprint density at radius 2 is 1.96 bits per heavy atom. The van der Waals surface area contributed by atoms with Crippen molar-refractivity contribution in [1.29, 1.82) is 0 Å². The molecule has 2 aromatic heterocycles. The second-order valence-corrected chi connectivity index (χ2v) is 6.27. The van der Waals surface area contributed by atoms with Crippen LogP contribution in [0.2, 0.25) is 0 Å². The monoisotopic (exact) mass is 324 g/mol. The van der Waals surface area contributed by atoms with Gasteiger partial charge in [-0.3, -0.25) is 0 Å². The normalized spacial score (nSPS) is 16.1. The summed E-state index contributed by atoms with van der Waals surface area (Å²) in [6, 6.07) is 10.6. The largest absolute Gasteiger partial charge is 0.443 e. The zero-order valence-electron chi connectivity index (χ0n) is 13.7. The molecule has 1 atom stereocenters. The molecule has 3 N–H and O–H groups in total. The lowest BCUT2D eigenvalue weighted by Gasteiger charge is -2.26. The second kappa shape index (κ2) is 5.79. The molecule has 0 saturated carbocycles. The summed E-state index contributed by atoms with van der Waals surface area (Å²) in [5, 5.41) is 4.26. The molecule has 3 aromatic rings. The molecule has 0 aliphatic carbocycles. The molecule has 1 aromatic carbocycles. The van der Waals surface area contributed by atoms with Gasteiger partial charge in [-0.25, -0.2) is 0 Å². The number of aryl methyl sites for hydroxylation is 1. The SMILES string of the molecule is Cc1cc2c(N[C@@H](C)c3ccc(C4COC4)cc3)nc(N)nc2o1. The van der Waals surface area contributed by atoms with E-state index in [1.807, 2.05) is 13.0 Å². The Bertz CT molecular complexity index is 869. The maximum absolute atomic E-state index is 5.79. The minimum absolute atomic E-state index is 0.0874. The topological polar surface area (TPSA) is 86.2 Å². The number of furan rings is 1. The van der Waals surface area contributed by atoms with Crippen molar-refractivity contribution in [3.63, 3.8) is 0 Å². The van der Waals surface area contributed by atoms with Crippen LogP contribution in [0.1, 0.15) is 35.8 Å². The van der Waals surface area contributed by atoms with Gasteiger partial charge in [0.15, 0.2) is 0 Å². The van der Waals surface area contributed by atoms with Crippen LogP contribution >= 0.6 is 0 Å². The number of hydrogen-bond donors (Lipinski definition) is 2. The quantitative estimate of drug-likeness (QED) is 0.765. The summed E-state index contributed by atoms with van der Waals surface area (Å²) in [6.45, 7) is 5.63. The zero-order chi connectivity index (χ0) is 16.7. The third kappa shape index (κ3) is 2.69.